The minimum absolute atomic E-state index is 0.631. The maximum absolute atomic E-state index is 6.05. The molecular weight excluding hydrogens is 332 g/mol. The third kappa shape index (κ3) is 2.56. The topological polar surface area (TPSA) is 38.9 Å². The Balaban J connectivity index is 1.94. The van der Waals surface area contributed by atoms with Gasteiger partial charge in [-0.3, -0.25) is 0 Å². The van der Waals surface area contributed by atoms with Crippen molar-refractivity contribution in [2.45, 2.75) is 25.2 Å². The number of rotatable bonds is 3. The molecule has 18 heavy (non-hydrogen) atoms. The lowest BCUT2D eigenvalue weighted by atomic mass is 10.1. The smallest absolute Gasteiger partial charge is 0.180 e. The average molecular weight is 344 g/mol. The fraction of sp³-hybridized carbons (Fsp3) is 0.308. The molecule has 0 spiro atoms. The molecule has 0 unspecified atom stereocenters. The molecule has 2 aromatic rings. The van der Waals surface area contributed by atoms with E-state index in [9.17, 15) is 0 Å². The molecule has 1 aromatic carbocycles. The van der Waals surface area contributed by atoms with Gasteiger partial charge >= 0.3 is 0 Å². The number of thiazole rings is 1. The first-order valence-electron chi connectivity index (χ1n) is 5.82. The van der Waals surface area contributed by atoms with Gasteiger partial charge in [0.25, 0.3) is 0 Å². The molecule has 1 saturated carbocycles. The SMILES string of the molecule is Nc1nc(C2CC2)c(Cc2cc(Cl)ccc2Br)s1. The van der Waals surface area contributed by atoms with Crippen LogP contribution in [0.4, 0.5) is 5.13 Å². The summed E-state index contributed by atoms with van der Waals surface area (Å²) in [5, 5.41) is 1.43. The molecule has 0 radical (unpaired) electrons. The predicted molar refractivity (Wildman–Crippen MR) is 80.5 cm³/mol. The largest absolute Gasteiger partial charge is 0.375 e. The van der Waals surface area contributed by atoms with Crippen molar-refractivity contribution in [3.05, 3.63) is 43.8 Å². The molecule has 0 amide bonds. The number of hydrogen-bond donors (Lipinski definition) is 1. The van der Waals surface area contributed by atoms with Crippen LogP contribution in [0, 0.1) is 0 Å². The molecule has 1 aliphatic rings. The van der Waals surface area contributed by atoms with E-state index in [1.807, 2.05) is 18.2 Å². The normalized spacial score (nSPS) is 15.0. The number of nitrogen functional groups attached to an aromatic ring is 1. The molecule has 2 nitrogen and oxygen atoms in total. The van der Waals surface area contributed by atoms with Gasteiger partial charge in [0, 0.05) is 26.7 Å². The quantitative estimate of drug-likeness (QED) is 0.884. The third-order valence-corrected chi connectivity index (χ3v) is 4.98. The van der Waals surface area contributed by atoms with Gasteiger partial charge in [-0.05, 0) is 36.6 Å². The van der Waals surface area contributed by atoms with E-state index in [-0.39, 0.29) is 0 Å². The van der Waals surface area contributed by atoms with Crippen LogP contribution in [-0.2, 0) is 6.42 Å². The van der Waals surface area contributed by atoms with Gasteiger partial charge in [0.15, 0.2) is 5.13 Å². The summed E-state index contributed by atoms with van der Waals surface area (Å²) in [4.78, 5) is 5.74. The van der Waals surface area contributed by atoms with E-state index in [4.69, 9.17) is 17.3 Å². The predicted octanol–water partition coefficient (Wildman–Crippen LogP) is 4.61. The van der Waals surface area contributed by atoms with Crippen LogP contribution in [-0.4, -0.2) is 4.98 Å². The highest BCUT2D eigenvalue weighted by molar-refractivity contribution is 9.10. The third-order valence-electron chi connectivity index (χ3n) is 3.07. The molecule has 1 aliphatic carbocycles. The summed E-state index contributed by atoms with van der Waals surface area (Å²) in [5.74, 6) is 0.631. The molecule has 1 aromatic heterocycles. The zero-order valence-corrected chi connectivity index (χ0v) is 12.8. The van der Waals surface area contributed by atoms with Gasteiger partial charge in [-0.1, -0.05) is 27.5 Å². The number of nitrogens with two attached hydrogens (primary N) is 1. The molecule has 1 fully saturated rings. The zero-order chi connectivity index (χ0) is 12.7. The molecule has 94 valence electrons. The highest BCUT2D eigenvalue weighted by Gasteiger charge is 2.29. The van der Waals surface area contributed by atoms with Crippen LogP contribution in [0.25, 0.3) is 0 Å². The summed E-state index contributed by atoms with van der Waals surface area (Å²) < 4.78 is 1.08. The van der Waals surface area contributed by atoms with Crippen molar-refractivity contribution in [2.75, 3.05) is 5.73 Å². The number of halogens is 2. The Kier molecular flexibility index (Phi) is 3.34. The summed E-state index contributed by atoms with van der Waals surface area (Å²) in [7, 11) is 0. The van der Waals surface area contributed by atoms with Crippen LogP contribution < -0.4 is 5.73 Å². The lowest BCUT2D eigenvalue weighted by Crippen LogP contribution is -1.92. The van der Waals surface area contributed by atoms with Gasteiger partial charge in [0.2, 0.25) is 0 Å². The van der Waals surface area contributed by atoms with Crippen LogP contribution in [0.2, 0.25) is 5.02 Å². The molecular formula is C13H12BrClN2S. The van der Waals surface area contributed by atoms with E-state index in [0.29, 0.717) is 11.0 Å². The van der Waals surface area contributed by atoms with E-state index < -0.39 is 0 Å². The van der Waals surface area contributed by atoms with Crippen molar-refractivity contribution < 1.29 is 0 Å². The number of hydrogen-bond acceptors (Lipinski definition) is 3. The minimum atomic E-state index is 0.631. The summed E-state index contributed by atoms with van der Waals surface area (Å²) in [5.41, 5.74) is 8.22. The van der Waals surface area contributed by atoms with Crippen LogP contribution in [0.3, 0.4) is 0 Å². The van der Waals surface area contributed by atoms with Gasteiger partial charge in [-0.15, -0.1) is 11.3 Å². The Hall–Kier alpha value is -0.580. The second kappa shape index (κ2) is 4.83. The Morgan fingerprint density at radius 3 is 2.94 bits per heavy atom. The van der Waals surface area contributed by atoms with Gasteiger partial charge < -0.3 is 5.73 Å². The second-order valence-electron chi connectivity index (χ2n) is 4.55. The first-order chi connectivity index (χ1) is 8.63. The molecule has 0 saturated heterocycles. The van der Waals surface area contributed by atoms with E-state index in [0.717, 1.165) is 15.9 Å². The molecule has 3 rings (SSSR count). The van der Waals surface area contributed by atoms with E-state index in [2.05, 4.69) is 20.9 Å². The summed E-state index contributed by atoms with van der Waals surface area (Å²) in [6.45, 7) is 0. The van der Waals surface area contributed by atoms with Gasteiger partial charge in [0.05, 0.1) is 5.69 Å². The number of benzene rings is 1. The summed E-state index contributed by atoms with van der Waals surface area (Å²) >= 11 is 11.2. The maximum atomic E-state index is 6.05. The minimum Gasteiger partial charge on any atom is -0.375 e. The Bertz CT molecular complexity index is 593. The van der Waals surface area contributed by atoms with E-state index in [1.165, 1.54) is 29.0 Å². The van der Waals surface area contributed by atoms with Gasteiger partial charge in [-0.25, -0.2) is 4.98 Å². The van der Waals surface area contributed by atoms with E-state index in [1.54, 1.807) is 11.3 Å². The molecule has 1 heterocycles. The number of anilines is 1. The standard InChI is InChI=1S/C13H12BrClN2S/c14-10-4-3-9(15)5-8(10)6-11-12(7-1-2-7)17-13(16)18-11/h3-5,7H,1-2,6H2,(H2,16,17). The Morgan fingerprint density at radius 1 is 1.44 bits per heavy atom. The first-order valence-corrected chi connectivity index (χ1v) is 7.81. The molecule has 0 bridgehead atoms. The molecule has 0 aliphatic heterocycles. The highest BCUT2D eigenvalue weighted by atomic mass is 79.9. The van der Waals surface area contributed by atoms with Crippen LogP contribution in [0.5, 0.6) is 0 Å². The van der Waals surface area contributed by atoms with Crippen LogP contribution in [0.1, 0.15) is 34.9 Å². The van der Waals surface area contributed by atoms with Crippen molar-refractivity contribution in [1.29, 1.82) is 0 Å². The molecule has 2 N–H and O–H groups in total. The monoisotopic (exact) mass is 342 g/mol. The summed E-state index contributed by atoms with van der Waals surface area (Å²) in [6, 6.07) is 5.87. The number of nitrogens with zero attached hydrogens (tertiary/aromatic N) is 1. The molecule has 0 atom stereocenters. The van der Waals surface area contributed by atoms with Crippen molar-refractivity contribution in [2.24, 2.45) is 0 Å². The zero-order valence-electron chi connectivity index (χ0n) is 9.62. The highest BCUT2D eigenvalue weighted by Crippen LogP contribution is 2.44. The van der Waals surface area contributed by atoms with Crippen LogP contribution in [0.15, 0.2) is 22.7 Å². The van der Waals surface area contributed by atoms with Crippen molar-refractivity contribution >= 4 is 44.0 Å². The van der Waals surface area contributed by atoms with Gasteiger partial charge in [-0.2, -0.15) is 0 Å². The fourth-order valence-corrected chi connectivity index (χ4v) is 3.56. The first kappa shape index (κ1) is 12.5. The second-order valence-corrected chi connectivity index (χ2v) is 6.95. The Labute approximate surface area is 123 Å². The van der Waals surface area contributed by atoms with Crippen molar-refractivity contribution in [3.8, 4) is 0 Å². The molecule has 5 heteroatoms. The average Bonchev–Trinajstić information content (AvgIpc) is 3.09. The Morgan fingerprint density at radius 2 is 2.22 bits per heavy atom. The lowest BCUT2D eigenvalue weighted by molar-refractivity contribution is 1.01. The number of aromatic nitrogens is 1. The van der Waals surface area contributed by atoms with Crippen molar-refractivity contribution in [3.63, 3.8) is 0 Å². The van der Waals surface area contributed by atoms with E-state index >= 15 is 0 Å². The van der Waals surface area contributed by atoms with Crippen LogP contribution >= 0.6 is 38.9 Å². The van der Waals surface area contributed by atoms with Gasteiger partial charge in [0.1, 0.15) is 0 Å². The van der Waals surface area contributed by atoms with Crippen molar-refractivity contribution in [1.82, 2.24) is 4.98 Å². The lowest BCUT2D eigenvalue weighted by Gasteiger charge is -2.05. The fourth-order valence-electron chi connectivity index (χ4n) is 2.04. The maximum Gasteiger partial charge on any atom is 0.180 e. The summed E-state index contributed by atoms with van der Waals surface area (Å²) in [6.07, 6.45) is 3.33.